The van der Waals surface area contributed by atoms with Gasteiger partial charge in [0.2, 0.25) is 5.91 Å². The molecule has 0 bridgehead atoms. The second-order valence-electron chi connectivity index (χ2n) is 8.68. The number of halogens is 1. The summed E-state index contributed by atoms with van der Waals surface area (Å²) in [5.74, 6) is 0.231. The van der Waals surface area contributed by atoms with Gasteiger partial charge in [0.1, 0.15) is 24.4 Å². The first-order chi connectivity index (χ1) is 16.4. The van der Waals surface area contributed by atoms with E-state index in [-0.39, 0.29) is 24.6 Å². The lowest BCUT2D eigenvalue weighted by Gasteiger charge is -2.37. The van der Waals surface area contributed by atoms with Crippen molar-refractivity contribution in [1.82, 2.24) is 19.8 Å². The lowest BCUT2D eigenvalue weighted by molar-refractivity contribution is -0.137. The fourth-order valence-electron chi connectivity index (χ4n) is 4.24. The van der Waals surface area contributed by atoms with Crippen LogP contribution in [0.3, 0.4) is 0 Å². The van der Waals surface area contributed by atoms with E-state index in [1.807, 2.05) is 0 Å². The van der Waals surface area contributed by atoms with Gasteiger partial charge in [0.05, 0.1) is 17.3 Å². The maximum Gasteiger partial charge on any atom is 0.265 e. The quantitative estimate of drug-likeness (QED) is 0.579. The minimum Gasteiger partial charge on any atom is -0.489 e. The van der Waals surface area contributed by atoms with Crippen LogP contribution in [0.2, 0.25) is 5.02 Å². The van der Waals surface area contributed by atoms with Crippen molar-refractivity contribution in [3.63, 3.8) is 0 Å². The van der Waals surface area contributed by atoms with Gasteiger partial charge in [-0.15, -0.1) is 0 Å². The summed E-state index contributed by atoms with van der Waals surface area (Å²) in [5, 5.41) is 7.10. The molecule has 1 saturated heterocycles. The largest absolute Gasteiger partial charge is 0.489 e. The lowest BCUT2D eigenvalue weighted by atomic mass is 10.0. The average Bonchev–Trinajstić information content (AvgIpc) is 2.82. The molecule has 34 heavy (non-hydrogen) atoms. The van der Waals surface area contributed by atoms with Crippen LogP contribution in [0.1, 0.15) is 22.8 Å². The molecule has 2 aliphatic heterocycles. The number of carbonyl (C=O) groups excluding carboxylic acids is 2. The SMILES string of the molecule is CC1CN(C(=O)Cn2c(=O)c(C(=O)NCc3ccc(Cl)cc3)cc3c4c(cnc32)NCCO4)C1. The van der Waals surface area contributed by atoms with E-state index in [1.54, 1.807) is 35.4 Å². The number of rotatable bonds is 5. The Kier molecular flexibility index (Phi) is 5.87. The zero-order valence-electron chi connectivity index (χ0n) is 18.6. The molecule has 2 aliphatic rings. The van der Waals surface area contributed by atoms with E-state index in [4.69, 9.17) is 16.3 Å². The molecule has 0 saturated carbocycles. The number of ether oxygens (including phenoxy) is 1. The molecule has 176 valence electrons. The molecule has 1 fully saturated rings. The van der Waals surface area contributed by atoms with E-state index in [0.29, 0.717) is 59.7 Å². The van der Waals surface area contributed by atoms with Crippen molar-refractivity contribution >= 4 is 40.1 Å². The summed E-state index contributed by atoms with van der Waals surface area (Å²) in [5.41, 5.74) is 1.19. The molecule has 0 radical (unpaired) electrons. The molecule has 4 heterocycles. The van der Waals surface area contributed by atoms with Gasteiger partial charge in [-0.25, -0.2) is 4.98 Å². The molecule has 1 aromatic carbocycles. The van der Waals surface area contributed by atoms with Crippen molar-refractivity contribution < 1.29 is 14.3 Å². The first-order valence-electron chi connectivity index (χ1n) is 11.1. The number of hydrogen-bond acceptors (Lipinski definition) is 6. The van der Waals surface area contributed by atoms with Crippen LogP contribution in [0.5, 0.6) is 5.75 Å². The Morgan fingerprint density at radius 3 is 2.76 bits per heavy atom. The smallest absolute Gasteiger partial charge is 0.265 e. The third-order valence-corrected chi connectivity index (χ3v) is 6.30. The van der Waals surface area contributed by atoms with Crippen LogP contribution in [0, 0.1) is 5.92 Å². The minimum atomic E-state index is -0.570. The Bertz CT molecular complexity index is 1330. The second-order valence-corrected chi connectivity index (χ2v) is 9.11. The molecule has 3 aromatic rings. The molecule has 2 N–H and O–H groups in total. The molecular formula is C24H24ClN5O4. The third-order valence-electron chi connectivity index (χ3n) is 6.05. The van der Waals surface area contributed by atoms with Crippen LogP contribution in [0.25, 0.3) is 11.0 Å². The number of fused-ring (bicyclic) bond motifs is 3. The average molecular weight is 482 g/mol. The van der Waals surface area contributed by atoms with Gasteiger partial charge in [-0.1, -0.05) is 30.7 Å². The van der Waals surface area contributed by atoms with E-state index >= 15 is 0 Å². The summed E-state index contributed by atoms with van der Waals surface area (Å²) in [4.78, 5) is 45.4. The standard InChI is InChI=1S/C24H24ClN5O4/c1-14-11-29(12-14)20(31)13-30-22-17(21-19(10-27-22)26-6-7-34-21)8-18(24(30)33)23(32)28-9-15-2-4-16(25)5-3-15/h2-5,8,10,14,26H,6-7,9,11-13H2,1H3,(H,28,32). The highest BCUT2D eigenvalue weighted by molar-refractivity contribution is 6.30. The number of likely N-dealkylation sites (tertiary alicyclic amines) is 1. The Balaban J connectivity index is 1.53. The van der Waals surface area contributed by atoms with Gasteiger partial charge in [-0.05, 0) is 29.7 Å². The Hall–Kier alpha value is -3.59. The summed E-state index contributed by atoms with van der Waals surface area (Å²) in [6, 6.07) is 8.56. The maximum atomic E-state index is 13.4. The lowest BCUT2D eigenvalue weighted by Crippen LogP contribution is -2.50. The highest BCUT2D eigenvalue weighted by Crippen LogP contribution is 2.34. The molecule has 0 spiro atoms. The zero-order chi connectivity index (χ0) is 23.8. The molecular weight excluding hydrogens is 458 g/mol. The number of benzene rings is 1. The first kappa shape index (κ1) is 22.2. The summed E-state index contributed by atoms with van der Waals surface area (Å²) in [6.07, 6.45) is 1.59. The van der Waals surface area contributed by atoms with Crippen LogP contribution in [-0.2, 0) is 17.9 Å². The van der Waals surface area contributed by atoms with Gasteiger partial charge in [0.25, 0.3) is 11.5 Å². The Labute approximate surface area is 200 Å². The van der Waals surface area contributed by atoms with Gasteiger partial charge >= 0.3 is 0 Å². The maximum absolute atomic E-state index is 13.4. The van der Waals surface area contributed by atoms with Crippen LogP contribution in [-0.4, -0.2) is 52.5 Å². The number of amides is 2. The zero-order valence-corrected chi connectivity index (χ0v) is 19.4. The summed E-state index contributed by atoms with van der Waals surface area (Å²) in [6.45, 7) is 4.47. The molecule has 0 aliphatic carbocycles. The normalized spacial score (nSPS) is 15.2. The molecule has 2 aromatic heterocycles. The van der Waals surface area contributed by atoms with E-state index in [0.717, 1.165) is 5.56 Å². The number of pyridine rings is 2. The van der Waals surface area contributed by atoms with Crippen molar-refractivity contribution in [3.8, 4) is 5.75 Å². The van der Waals surface area contributed by atoms with E-state index in [2.05, 4.69) is 22.5 Å². The molecule has 0 atom stereocenters. The predicted octanol–water partition coefficient (Wildman–Crippen LogP) is 2.26. The molecule has 2 amide bonds. The number of carbonyl (C=O) groups is 2. The fraction of sp³-hybridized carbons (Fsp3) is 0.333. The number of anilines is 1. The van der Waals surface area contributed by atoms with Crippen molar-refractivity contribution in [1.29, 1.82) is 0 Å². The summed E-state index contributed by atoms with van der Waals surface area (Å²) < 4.78 is 7.12. The molecule has 5 rings (SSSR count). The van der Waals surface area contributed by atoms with Gasteiger partial charge in [0, 0.05) is 31.2 Å². The summed E-state index contributed by atoms with van der Waals surface area (Å²) >= 11 is 5.92. The van der Waals surface area contributed by atoms with E-state index < -0.39 is 11.5 Å². The fourth-order valence-corrected chi connectivity index (χ4v) is 4.37. The van der Waals surface area contributed by atoms with Crippen molar-refractivity contribution in [2.45, 2.75) is 20.0 Å². The first-order valence-corrected chi connectivity index (χ1v) is 11.5. The van der Waals surface area contributed by atoms with Gasteiger partial charge < -0.3 is 20.3 Å². The molecule has 10 heteroatoms. The van der Waals surface area contributed by atoms with Gasteiger partial charge in [0.15, 0.2) is 5.75 Å². The van der Waals surface area contributed by atoms with Crippen LogP contribution >= 0.6 is 11.6 Å². The predicted molar refractivity (Wildman–Crippen MR) is 128 cm³/mol. The van der Waals surface area contributed by atoms with Crippen molar-refractivity contribution in [2.75, 3.05) is 31.6 Å². The highest BCUT2D eigenvalue weighted by atomic mass is 35.5. The Morgan fingerprint density at radius 1 is 1.26 bits per heavy atom. The van der Waals surface area contributed by atoms with E-state index in [9.17, 15) is 14.4 Å². The third kappa shape index (κ3) is 4.19. The summed E-state index contributed by atoms with van der Waals surface area (Å²) in [7, 11) is 0. The number of nitrogens with one attached hydrogen (secondary N) is 2. The number of aromatic nitrogens is 2. The second kappa shape index (κ2) is 8.98. The van der Waals surface area contributed by atoms with Gasteiger partial charge in [-0.2, -0.15) is 0 Å². The monoisotopic (exact) mass is 481 g/mol. The number of nitrogens with zero attached hydrogens (tertiary/aromatic N) is 3. The molecule has 9 nitrogen and oxygen atoms in total. The van der Waals surface area contributed by atoms with Crippen molar-refractivity contribution in [3.05, 3.63) is 63.0 Å². The van der Waals surface area contributed by atoms with Crippen molar-refractivity contribution in [2.24, 2.45) is 5.92 Å². The number of hydrogen-bond donors (Lipinski definition) is 2. The van der Waals surface area contributed by atoms with E-state index in [1.165, 1.54) is 10.6 Å². The molecule has 0 unspecified atom stereocenters. The van der Waals surface area contributed by atoms with Crippen LogP contribution < -0.4 is 20.9 Å². The van der Waals surface area contributed by atoms with Gasteiger partial charge in [-0.3, -0.25) is 19.0 Å². The van der Waals surface area contributed by atoms with Crippen LogP contribution in [0.15, 0.2) is 41.3 Å². The van der Waals surface area contributed by atoms with Crippen LogP contribution in [0.4, 0.5) is 5.69 Å². The topological polar surface area (TPSA) is 106 Å². The minimum absolute atomic E-state index is 0.0735. The highest BCUT2D eigenvalue weighted by Gasteiger charge is 2.29. The Morgan fingerprint density at radius 2 is 2.03 bits per heavy atom.